The zero-order chi connectivity index (χ0) is 15.1. The molecular formula is C20H20BrN. The summed E-state index contributed by atoms with van der Waals surface area (Å²) in [5.41, 5.74) is 5.58. The summed E-state index contributed by atoms with van der Waals surface area (Å²) in [6, 6.07) is 16.0. The van der Waals surface area contributed by atoms with Crippen molar-refractivity contribution in [2.45, 2.75) is 31.7 Å². The minimum Gasteiger partial charge on any atom is -0.378 e. The van der Waals surface area contributed by atoms with Gasteiger partial charge < -0.3 is 5.32 Å². The van der Waals surface area contributed by atoms with Crippen molar-refractivity contribution in [2.24, 2.45) is 5.92 Å². The van der Waals surface area contributed by atoms with Crippen LogP contribution in [0.15, 0.2) is 59.1 Å². The van der Waals surface area contributed by atoms with Crippen molar-refractivity contribution in [3.8, 4) is 0 Å². The highest BCUT2D eigenvalue weighted by molar-refractivity contribution is 9.10. The molecular weight excluding hydrogens is 334 g/mol. The molecule has 0 unspecified atom stereocenters. The van der Waals surface area contributed by atoms with E-state index in [2.05, 4.69) is 82.8 Å². The number of hydrogen-bond donors (Lipinski definition) is 1. The predicted octanol–water partition coefficient (Wildman–Crippen LogP) is 5.84. The Hall–Kier alpha value is -1.54. The minimum absolute atomic E-state index is 0.387. The molecule has 112 valence electrons. The minimum atomic E-state index is 0.387. The summed E-state index contributed by atoms with van der Waals surface area (Å²) in [4.78, 5) is 0. The van der Waals surface area contributed by atoms with Gasteiger partial charge in [-0.15, -0.1) is 0 Å². The molecule has 1 aliphatic carbocycles. The fourth-order valence-electron chi connectivity index (χ4n) is 3.89. The topological polar surface area (TPSA) is 12.0 Å². The van der Waals surface area contributed by atoms with Crippen LogP contribution in [0.25, 0.3) is 0 Å². The third kappa shape index (κ3) is 2.30. The molecule has 1 heterocycles. The van der Waals surface area contributed by atoms with Crippen molar-refractivity contribution in [3.05, 3.63) is 75.8 Å². The average molecular weight is 354 g/mol. The first kappa shape index (κ1) is 14.1. The van der Waals surface area contributed by atoms with E-state index in [-0.39, 0.29) is 0 Å². The molecule has 0 radical (unpaired) electrons. The van der Waals surface area contributed by atoms with Crippen molar-refractivity contribution >= 4 is 21.6 Å². The van der Waals surface area contributed by atoms with Crippen molar-refractivity contribution in [1.29, 1.82) is 0 Å². The molecule has 0 amide bonds. The maximum Gasteiger partial charge on any atom is 0.0554 e. The lowest BCUT2D eigenvalue weighted by Gasteiger charge is -2.37. The molecule has 0 aromatic heterocycles. The van der Waals surface area contributed by atoms with Gasteiger partial charge in [0.2, 0.25) is 0 Å². The number of nitrogens with one attached hydrogen (secondary N) is 1. The Morgan fingerprint density at radius 3 is 2.91 bits per heavy atom. The van der Waals surface area contributed by atoms with E-state index in [1.54, 1.807) is 0 Å². The lowest BCUT2D eigenvalue weighted by molar-refractivity contribution is 0.425. The highest BCUT2D eigenvalue weighted by Gasteiger charge is 2.37. The second-order valence-electron chi connectivity index (χ2n) is 6.31. The van der Waals surface area contributed by atoms with Gasteiger partial charge in [0.1, 0.15) is 0 Å². The van der Waals surface area contributed by atoms with Crippen LogP contribution in [0.3, 0.4) is 0 Å². The molecule has 3 atom stereocenters. The molecule has 0 fully saturated rings. The van der Waals surface area contributed by atoms with Crippen LogP contribution in [0.2, 0.25) is 0 Å². The third-order valence-electron chi connectivity index (χ3n) is 5.04. The maximum atomic E-state index is 3.80. The highest BCUT2D eigenvalue weighted by Crippen LogP contribution is 2.50. The summed E-state index contributed by atoms with van der Waals surface area (Å²) >= 11 is 3.61. The van der Waals surface area contributed by atoms with Crippen LogP contribution in [0.4, 0.5) is 5.69 Å². The van der Waals surface area contributed by atoms with Gasteiger partial charge in [0.05, 0.1) is 6.04 Å². The summed E-state index contributed by atoms with van der Waals surface area (Å²) in [6.07, 6.45) is 7.03. The molecule has 2 aromatic rings. The van der Waals surface area contributed by atoms with E-state index < -0.39 is 0 Å². The number of hydrogen-bond acceptors (Lipinski definition) is 1. The molecule has 1 nitrogen and oxygen atoms in total. The molecule has 0 saturated heterocycles. The SMILES string of the molecule is CCc1ccc2c(c1)[C@@H]1C=CC[C@H]1[C@H](c1cccc(Br)c1)N2. The smallest absolute Gasteiger partial charge is 0.0554 e. The van der Waals surface area contributed by atoms with Crippen LogP contribution >= 0.6 is 15.9 Å². The Bertz CT molecular complexity index is 734. The zero-order valence-corrected chi connectivity index (χ0v) is 14.3. The first-order chi connectivity index (χ1) is 10.8. The van der Waals surface area contributed by atoms with Gasteiger partial charge >= 0.3 is 0 Å². The van der Waals surface area contributed by atoms with E-state index in [9.17, 15) is 0 Å². The third-order valence-corrected chi connectivity index (χ3v) is 5.54. The van der Waals surface area contributed by atoms with Crippen molar-refractivity contribution in [2.75, 3.05) is 5.32 Å². The van der Waals surface area contributed by atoms with Gasteiger partial charge in [-0.2, -0.15) is 0 Å². The van der Waals surface area contributed by atoms with E-state index in [1.165, 1.54) is 22.4 Å². The Morgan fingerprint density at radius 1 is 1.18 bits per heavy atom. The molecule has 2 heteroatoms. The fraction of sp³-hybridized carbons (Fsp3) is 0.300. The van der Waals surface area contributed by atoms with Gasteiger partial charge in [0.15, 0.2) is 0 Å². The van der Waals surface area contributed by atoms with E-state index in [4.69, 9.17) is 0 Å². The Labute approximate surface area is 140 Å². The van der Waals surface area contributed by atoms with Crippen molar-refractivity contribution in [3.63, 3.8) is 0 Å². The van der Waals surface area contributed by atoms with E-state index in [1.807, 2.05) is 0 Å². The van der Waals surface area contributed by atoms with Gasteiger partial charge in [-0.3, -0.25) is 0 Å². The van der Waals surface area contributed by atoms with Gasteiger partial charge in [0, 0.05) is 16.1 Å². The molecule has 4 rings (SSSR count). The number of rotatable bonds is 2. The lowest BCUT2D eigenvalue weighted by Crippen LogP contribution is -2.29. The Kier molecular flexibility index (Phi) is 3.57. The normalized spacial score (nSPS) is 25.5. The van der Waals surface area contributed by atoms with E-state index >= 15 is 0 Å². The van der Waals surface area contributed by atoms with Gasteiger partial charge in [0.25, 0.3) is 0 Å². The zero-order valence-electron chi connectivity index (χ0n) is 12.7. The van der Waals surface area contributed by atoms with Gasteiger partial charge in [-0.25, -0.2) is 0 Å². The summed E-state index contributed by atoms with van der Waals surface area (Å²) in [5, 5.41) is 3.80. The summed E-state index contributed by atoms with van der Waals surface area (Å²) in [5.74, 6) is 1.17. The van der Waals surface area contributed by atoms with E-state index in [0.29, 0.717) is 17.9 Å². The summed E-state index contributed by atoms with van der Waals surface area (Å²) in [7, 11) is 0. The number of fused-ring (bicyclic) bond motifs is 3. The molecule has 0 saturated carbocycles. The van der Waals surface area contributed by atoms with Crippen LogP contribution < -0.4 is 5.32 Å². The monoisotopic (exact) mass is 353 g/mol. The largest absolute Gasteiger partial charge is 0.378 e. The van der Waals surface area contributed by atoms with E-state index in [0.717, 1.165) is 17.3 Å². The molecule has 22 heavy (non-hydrogen) atoms. The molecule has 2 aliphatic rings. The average Bonchev–Trinajstić information content (AvgIpc) is 3.03. The van der Waals surface area contributed by atoms with Crippen molar-refractivity contribution in [1.82, 2.24) is 0 Å². The van der Waals surface area contributed by atoms with Crippen LogP contribution in [-0.4, -0.2) is 0 Å². The Balaban J connectivity index is 1.78. The second-order valence-corrected chi connectivity index (χ2v) is 7.22. The first-order valence-electron chi connectivity index (χ1n) is 8.07. The number of anilines is 1. The molecule has 0 spiro atoms. The highest BCUT2D eigenvalue weighted by atomic mass is 79.9. The van der Waals surface area contributed by atoms with Crippen LogP contribution in [-0.2, 0) is 6.42 Å². The lowest BCUT2D eigenvalue weighted by atomic mass is 9.76. The van der Waals surface area contributed by atoms with Gasteiger partial charge in [-0.1, -0.05) is 59.3 Å². The quantitative estimate of drug-likeness (QED) is 0.668. The number of halogens is 1. The number of allylic oxidation sites excluding steroid dienone is 2. The number of benzene rings is 2. The van der Waals surface area contributed by atoms with Gasteiger partial charge in [-0.05, 0) is 53.6 Å². The fourth-order valence-corrected chi connectivity index (χ4v) is 4.31. The molecule has 0 bridgehead atoms. The van der Waals surface area contributed by atoms with Crippen LogP contribution in [0.1, 0.15) is 42.0 Å². The molecule has 1 N–H and O–H groups in total. The van der Waals surface area contributed by atoms with Crippen LogP contribution in [0, 0.1) is 5.92 Å². The standard InChI is InChI=1S/C20H20BrN/c1-2-13-9-10-19-18(11-13)16-7-4-8-17(16)20(22-19)14-5-3-6-15(21)12-14/h3-7,9-12,16-17,20,22H,2,8H2,1H3/t16-,17-,20+/m1/s1. The summed E-state index contributed by atoms with van der Waals surface area (Å²) in [6.45, 7) is 2.23. The maximum absolute atomic E-state index is 3.80. The van der Waals surface area contributed by atoms with Crippen LogP contribution in [0.5, 0.6) is 0 Å². The Morgan fingerprint density at radius 2 is 2.09 bits per heavy atom. The number of aryl methyl sites for hydroxylation is 1. The molecule has 2 aromatic carbocycles. The molecule has 1 aliphatic heterocycles. The first-order valence-corrected chi connectivity index (χ1v) is 8.87. The summed E-state index contributed by atoms with van der Waals surface area (Å²) < 4.78 is 1.15. The predicted molar refractivity (Wildman–Crippen MR) is 96.3 cm³/mol. The van der Waals surface area contributed by atoms with Crippen molar-refractivity contribution < 1.29 is 0 Å². The second kappa shape index (κ2) is 5.58.